The van der Waals surface area contributed by atoms with Gasteiger partial charge in [-0.05, 0) is 73.9 Å². The van der Waals surface area contributed by atoms with E-state index in [0.717, 1.165) is 22.3 Å². The second kappa shape index (κ2) is 10.9. The van der Waals surface area contributed by atoms with E-state index in [9.17, 15) is 0 Å². The molecule has 5 rings (SSSR count). The van der Waals surface area contributed by atoms with Gasteiger partial charge in [-0.15, -0.1) is 0 Å². The molecular formula is C34H34FN. The number of hydrogen-bond donors (Lipinski definition) is 0. The molecule has 4 aromatic rings. The minimum absolute atomic E-state index is 0.0586. The quantitative estimate of drug-likeness (QED) is 0.289. The van der Waals surface area contributed by atoms with Gasteiger partial charge in [0.15, 0.2) is 0 Å². The van der Waals surface area contributed by atoms with Crippen molar-refractivity contribution < 1.29 is 4.39 Å². The van der Waals surface area contributed by atoms with Crippen LogP contribution in [0.1, 0.15) is 76.1 Å². The summed E-state index contributed by atoms with van der Waals surface area (Å²) in [6.45, 7) is 8.37. The summed E-state index contributed by atoms with van der Waals surface area (Å²) in [4.78, 5) is 0. The van der Waals surface area contributed by atoms with Gasteiger partial charge in [0.25, 0.3) is 0 Å². The third-order valence-corrected chi connectivity index (χ3v) is 7.27. The summed E-state index contributed by atoms with van der Waals surface area (Å²) in [6, 6.07) is 34.6. The average Bonchev–Trinajstić information content (AvgIpc) is 3.15. The minimum Gasteiger partial charge on any atom is -0.239 e. The Morgan fingerprint density at radius 2 is 1.25 bits per heavy atom. The molecular weight excluding hydrogens is 441 g/mol. The van der Waals surface area contributed by atoms with E-state index in [0.29, 0.717) is 18.4 Å². The molecule has 1 aliphatic rings. The lowest BCUT2D eigenvalue weighted by atomic mass is 9.79. The number of rotatable bonds is 4. The smallest absolute Gasteiger partial charge is 0.137 e. The normalized spacial score (nSPS) is 18.9. The second-order valence-electron chi connectivity index (χ2n) is 10.2. The molecule has 3 atom stereocenters. The van der Waals surface area contributed by atoms with Crippen LogP contribution >= 0.6 is 0 Å². The fraction of sp³-hybridized carbons (Fsp3) is 0.265. The van der Waals surface area contributed by atoms with Gasteiger partial charge >= 0.3 is 0 Å². The van der Waals surface area contributed by atoms with Crippen molar-refractivity contribution >= 4 is 0 Å². The largest absolute Gasteiger partial charge is 0.239 e. The van der Waals surface area contributed by atoms with E-state index in [1.807, 2.05) is 42.5 Å². The van der Waals surface area contributed by atoms with Crippen molar-refractivity contribution in [2.24, 2.45) is 0 Å². The van der Waals surface area contributed by atoms with Gasteiger partial charge in [-0.1, -0.05) is 109 Å². The van der Waals surface area contributed by atoms with Crippen molar-refractivity contribution in [1.82, 2.24) is 0 Å². The molecule has 0 fully saturated rings. The number of hydrogen-bond acceptors (Lipinski definition) is 1. The lowest BCUT2D eigenvalue weighted by Crippen LogP contribution is -2.21. The van der Waals surface area contributed by atoms with Crippen LogP contribution in [0, 0.1) is 32.1 Å². The van der Waals surface area contributed by atoms with Gasteiger partial charge in [0.2, 0.25) is 0 Å². The molecule has 0 amide bonds. The Balaban J connectivity index is 0.000000325. The zero-order chi connectivity index (χ0) is 25.7. The van der Waals surface area contributed by atoms with E-state index in [2.05, 4.69) is 88.4 Å². The molecule has 0 spiro atoms. The van der Waals surface area contributed by atoms with Crippen LogP contribution in [-0.4, -0.2) is 0 Å². The second-order valence-corrected chi connectivity index (χ2v) is 10.2. The highest BCUT2D eigenvalue weighted by Crippen LogP contribution is 2.52. The van der Waals surface area contributed by atoms with E-state index >= 15 is 4.39 Å². The van der Waals surface area contributed by atoms with Gasteiger partial charge in [-0.3, -0.25) is 0 Å². The van der Waals surface area contributed by atoms with Gasteiger partial charge in [0.1, 0.15) is 5.67 Å². The van der Waals surface area contributed by atoms with Crippen LogP contribution in [0.5, 0.6) is 0 Å². The Morgan fingerprint density at radius 3 is 1.78 bits per heavy atom. The van der Waals surface area contributed by atoms with Gasteiger partial charge < -0.3 is 0 Å². The summed E-state index contributed by atoms with van der Waals surface area (Å²) < 4.78 is 16.3. The first kappa shape index (κ1) is 25.4. The van der Waals surface area contributed by atoms with E-state index in [4.69, 9.17) is 5.26 Å². The Bertz CT molecular complexity index is 1310. The number of halogens is 1. The van der Waals surface area contributed by atoms with Crippen molar-refractivity contribution in [3.63, 3.8) is 0 Å². The first-order valence-corrected chi connectivity index (χ1v) is 12.7. The molecule has 0 bridgehead atoms. The van der Waals surface area contributed by atoms with E-state index in [1.54, 1.807) is 0 Å². The predicted octanol–water partition coefficient (Wildman–Crippen LogP) is 9.06. The molecule has 36 heavy (non-hydrogen) atoms. The van der Waals surface area contributed by atoms with E-state index in [-0.39, 0.29) is 11.8 Å². The van der Waals surface area contributed by atoms with E-state index < -0.39 is 5.67 Å². The third-order valence-electron chi connectivity index (χ3n) is 7.27. The summed E-state index contributed by atoms with van der Waals surface area (Å²) in [5.74, 6) is 0.164. The van der Waals surface area contributed by atoms with E-state index in [1.165, 1.54) is 16.7 Å². The molecule has 182 valence electrons. The molecule has 0 aromatic heterocycles. The minimum atomic E-state index is -1.35. The van der Waals surface area contributed by atoms with Gasteiger partial charge in [-0.25, -0.2) is 4.39 Å². The number of alkyl halides is 1. The van der Waals surface area contributed by atoms with Gasteiger partial charge in [0, 0.05) is 5.92 Å². The van der Waals surface area contributed by atoms with Crippen molar-refractivity contribution in [1.29, 1.82) is 5.26 Å². The van der Waals surface area contributed by atoms with Gasteiger partial charge in [0.05, 0.1) is 11.6 Å². The van der Waals surface area contributed by atoms with Crippen molar-refractivity contribution in [3.8, 4) is 6.07 Å². The maximum atomic E-state index is 16.3. The highest BCUT2D eigenvalue weighted by molar-refractivity contribution is 5.43. The Morgan fingerprint density at radius 1 is 0.778 bits per heavy atom. The molecule has 0 saturated heterocycles. The van der Waals surface area contributed by atoms with Gasteiger partial charge in [-0.2, -0.15) is 5.26 Å². The lowest BCUT2D eigenvalue weighted by molar-refractivity contribution is 0.139. The van der Waals surface area contributed by atoms with Crippen LogP contribution in [0.25, 0.3) is 0 Å². The number of benzene rings is 4. The molecule has 0 radical (unpaired) electrons. The average molecular weight is 476 g/mol. The van der Waals surface area contributed by atoms with Crippen molar-refractivity contribution in [2.45, 2.75) is 58.0 Å². The molecule has 0 saturated carbocycles. The molecule has 1 nitrogen and oxygen atoms in total. The van der Waals surface area contributed by atoms with Crippen LogP contribution in [0.3, 0.4) is 0 Å². The molecule has 0 heterocycles. The van der Waals surface area contributed by atoms with Crippen LogP contribution in [-0.2, 0) is 5.67 Å². The fourth-order valence-corrected chi connectivity index (χ4v) is 5.21. The molecule has 4 aromatic carbocycles. The molecule has 1 aliphatic carbocycles. The topological polar surface area (TPSA) is 23.8 Å². The van der Waals surface area contributed by atoms with Crippen LogP contribution in [0.2, 0.25) is 0 Å². The monoisotopic (exact) mass is 475 g/mol. The third kappa shape index (κ3) is 5.74. The summed E-state index contributed by atoms with van der Waals surface area (Å²) >= 11 is 0. The zero-order valence-corrected chi connectivity index (χ0v) is 21.6. The maximum absolute atomic E-state index is 16.3. The standard InChI is InChI=1S/C26H24FN.C8H10/c1-18-7-11-21(12-8-18)24(22-13-9-20(17-28)10-14-22)16-26(27)15-19(2)23-5-3-4-6-25(23)26;1-7-3-5-8(2)6-4-7/h3-14,19,24H,15-16H2,1-2H3;3-6H,1-2H3. The van der Waals surface area contributed by atoms with Crippen LogP contribution in [0.15, 0.2) is 97.1 Å². The summed E-state index contributed by atoms with van der Waals surface area (Å²) in [5.41, 5.74) is 7.27. The number of nitrogens with zero attached hydrogens (tertiary/aromatic N) is 1. The SMILES string of the molecule is Cc1ccc(C(CC2(F)CC(C)c3ccccc32)c2ccc(C#N)cc2)cc1.Cc1ccc(C)cc1. The highest BCUT2D eigenvalue weighted by Gasteiger charge is 2.44. The Labute approximate surface area is 215 Å². The Kier molecular flexibility index (Phi) is 7.70. The number of aryl methyl sites for hydroxylation is 3. The highest BCUT2D eigenvalue weighted by atomic mass is 19.1. The summed E-state index contributed by atoms with van der Waals surface area (Å²) in [6.07, 6.45) is 0.925. The molecule has 3 unspecified atom stereocenters. The predicted molar refractivity (Wildman–Crippen MR) is 147 cm³/mol. The Hall–Kier alpha value is -3.70. The summed E-state index contributed by atoms with van der Waals surface area (Å²) in [7, 11) is 0. The summed E-state index contributed by atoms with van der Waals surface area (Å²) in [5, 5.41) is 9.11. The fourth-order valence-electron chi connectivity index (χ4n) is 5.21. The lowest BCUT2D eigenvalue weighted by Gasteiger charge is -2.28. The number of nitriles is 1. The first-order chi connectivity index (χ1) is 17.3. The van der Waals surface area contributed by atoms with Crippen molar-refractivity contribution in [2.75, 3.05) is 0 Å². The molecule has 0 N–H and O–H groups in total. The molecule has 2 heteroatoms. The number of fused-ring (bicyclic) bond motifs is 1. The first-order valence-electron chi connectivity index (χ1n) is 12.7. The maximum Gasteiger partial charge on any atom is 0.137 e. The van der Waals surface area contributed by atoms with Crippen LogP contribution < -0.4 is 0 Å². The zero-order valence-electron chi connectivity index (χ0n) is 21.6. The molecule has 0 aliphatic heterocycles. The van der Waals surface area contributed by atoms with Crippen LogP contribution in [0.4, 0.5) is 4.39 Å². The van der Waals surface area contributed by atoms with Crippen molar-refractivity contribution in [3.05, 3.63) is 142 Å².